The predicted molar refractivity (Wildman–Crippen MR) is 83.2 cm³/mol. The molecule has 0 saturated carbocycles. The lowest BCUT2D eigenvalue weighted by Gasteiger charge is -2.16. The molecular weight excluding hydrogens is 361 g/mol. The van der Waals surface area contributed by atoms with E-state index in [1.165, 1.54) is 0 Å². The zero-order chi connectivity index (χ0) is 13.1. The van der Waals surface area contributed by atoms with Crippen LogP contribution in [0.25, 0.3) is 0 Å². The lowest BCUT2D eigenvalue weighted by molar-refractivity contribution is 0.414. The number of rotatable bonds is 3. The molecule has 18 heavy (non-hydrogen) atoms. The third kappa shape index (κ3) is 2.79. The summed E-state index contributed by atoms with van der Waals surface area (Å²) in [7, 11) is 1.62. The largest absolute Gasteiger partial charge is 0.497 e. The molecule has 1 atom stereocenters. The van der Waals surface area contributed by atoms with Gasteiger partial charge in [-0.1, -0.05) is 35.9 Å². The molecule has 2 aromatic rings. The summed E-state index contributed by atoms with van der Waals surface area (Å²) in [6, 6.07) is 13.4. The Hall–Kier alpha value is -0.780. The Labute approximate surface area is 125 Å². The van der Waals surface area contributed by atoms with Crippen LogP contribution in [0.15, 0.2) is 42.5 Å². The molecule has 4 heteroatoms. The number of methoxy groups -OCH3 is 1. The standard InChI is InChI=1S/C14H13ClINO/c1-18-9-6-7-10(12(15)8-9)14(17)11-4-2-3-5-13(11)16/h2-8,14H,17H2,1H3. The summed E-state index contributed by atoms with van der Waals surface area (Å²) >= 11 is 8.52. The second kappa shape index (κ2) is 5.91. The molecule has 0 saturated heterocycles. The van der Waals surface area contributed by atoms with Gasteiger partial charge in [0.2, 0.25) is 0 Å². The van der Waals surface area contributed by atoms with Gasteiger partial charge in [0, 0.05) is 8.59 Å². The molecule has 2 rings (SSSR count). The van der Waals surface area contributed by atoms with Gasteiger partial charge in [-0.15, -0.1) is 0 Å². The maximum atomic E-state index is 6.28. The molecule has 0 fully saturated rings. The molecule has 0 aliphatic rings. The van der Waals surface area contributed by atoms with Crippen LogP contribution in [0.3, 0.4) is 0 Å². The molecule has 2 N–H and O–H groups in total. The molecule has 2 nitrogen and oxygen atoms in total. The first-order chi connectivity index (χ1) is 8.63. The van der Waals surface area contributed by atoms with E-state index in [0.29, 0.717) is 5.02 Å². The minimum atomic E-state index is -0.225. The highest BCUT2D eigenvalue weighted by Gasteiger charge is 2.15. The molecule has 0 aliphatic carbocycles. The van der Waals surface area contributed by atoms with E-state index in [2.05, 4.69) is 22.6 Å². The third-order valence-electron chi connectivity index (χ3n) is 2.78. The van der Waals surface area contributed by atoms with Crippen molar-refractivity contribution in [3.05, 3.63) is 62.2 Å². The first kappa shape index (κ1) is 13.6. The average Bonchev–Trinajstić information content (AvgIpc) is 2.38. The van der Waals surface area contributed by atoms with Crippen molar-refractivity contribution in [2.24, 2.45) is 5.73 Å². The van der Waals surface area contributed by atoms with Crippen LogP contribution >= 0.6 is 34.2 Å². The normalized spacial score (nSPS) is 12.2. The van der Waals surface area contributed by atoms with Gasteiger partial charge >= 0.3 is 0 Å². The Morgan fingerprint density at radius 2 is 1.89 bits per heavy atom. The van der Waals surface area contributed by atoms with Crippen LogP contribution < -0.4 is 10.5 Å². The fourth-order valence-corrected chi connectivity index (χ4v) is 2.79. The molecule has 0 aliphatic heterocycles. The number of halogens is 2. The Balaban J connectivity index is 2.40. The van der Waals surface area contributed by atoms with E-state index < -0.39 is 0 Å². The summed E-state index contributed by atoms with van der Waals surface area (Å²) in [4.78, 5) is 0. The second-order valence-corrected chi connectivity index (χ2v) is 5.46. The molecule has 0 spiro atoms. The summed E-state index contributed by atoms with van der Waals surface area (Å²) in [5.74, 6) is 0.735. The molecule has 2 aromatic carbocycles. The van der Waals surface area contributed by atoms with Crippen LogP contribution in [-0.2, 0) is 0 Å². The summed E-state index contributed by atoms with van der Waals surface area (Å²) < 4.78 is 6.27. The van der Waals surface area contributed by atoms with E-state index in [1.54, 1.807) is 13.2 Å². The number of hydrogen-bond donors (Lipinski definition) is 1. The highest BCUT2D eigenvalue weighted by atomic mass is 127. The third-order valence-corrected chi connectivity index (χ3v) is 4.09. The Morgan fingerprint density at radius 1 is 1.17 bits per heavy atom. The van der Waals surface area contributed by atoms with Gasteiger partial charge in [-0.25, -0.2) is 0 Å². The zero-order valence-corrected chi connectivity index (χ0v) is 12.8. The number of ether oxygens (including phenoxy) is 1. The lowest BCUT2D eigenvalue weighted by atomic mass is 9.99. The van der Waals surface area contributed by atoms with E-state index in [9.17, 15) is 0 Å². The van der Waals surface area contributed by atoms with Crippen molar-refractivity contribution in [1.82, 2.24) is 0 Å². The van der Waals surface area contributed by atoms with Crippen molar-refractivity contribution in [3.63, 3.8) is 0 Å². The van der Waals surface area contributed by atoms with Gasteiger partial charge in [0.05, 0.1) is 13.2 Å². The van der Waals surface area contributed by atoms with Crippen LogP contribution in [0.2, 0.25) is 5.02 Å². The Bertz CT molecular complexity index is 559. The number of hydrogen-bond acceptors (Lipinski definition) is 2. The highest BCUT2D eigenvalue weighted by Crippen LogP contribution is 2.31. The molecule has 0 aromatic heterocycles. The Morgan fingerprint density at radius 3 is 2.50 bits per heavy atom. The quantitative estimate of drug-likeness (QED) is 0.825. The van der Waals surface area contributed by atoms with E-state index >= 15 is 0 Å². The maximum Gasteiger partial charge on any atom is 0.120 e. The lowest BCUT2D eigenvalue weighted by Crippen LogP contribution is -2.13. The van der Waals surface area contributed by atoms with Crippen molar-refractivity contribution in [2.45, 2.75) is 6.04 Å². The predicted octanol–water partition coefficient (Wildman–Crippen LogP) is 4.00. The summed E-state index contributed by atoms with van der Waals surface area (Å²) in [5.41, 5.74) is 8.26. The van der Waals surface area contributed by atoms with Gasteiger partial charge in [0.25, 0.3) is 0 Å². The van der Waals surface area contributed by atoms with Gasteiger partial charge in [-0.05, 0) is 51.9 Å². The van der Waals surface area contributed by atoms with Gasteiger partial charge < -0.3 is 10.5 Å². The van der Waals surface area contributed by atoms with Crippen molar-refractivity contribution in [1.29, 1.82) is 0 Å². The first-order valence-corrected chi connectivity index (χ1v) is 6.92. The van der Waals surface area contributed by atoms with Crippen LogP contribution in [-0.4, -0.2) is 7.11 Å². The number of nitrogens with two attached hydrogens (primary N) is 1. The zero-order valence-electron chi connectivity index (χ0n) is 9.86. The topological polar surface area (TPSA) is 35.2 Å². The van der Waals surface area contributed by atoms with Gasteiger partial charge in [0.15, 0.2) is 0 Å². The first-order valence-electron chi connectivity index (χ1n) is 5.47. The summed E-state index contributed by atoms with van der Waals surface area (Å²) in [6.07, 6.45) is 0. The van der Waals surface area contributed by atoms with Crippen molar-refractivity contribution in [2.75, 3.05) is 7.11 Å². The monoisotopic (exact) mass is 373 g/mol. The molecule has 0 amide bonds. The minimum Gasteiger partial charge on any atom is -0.497 e. The fourth-order valence-electron chi connectivity index (χ4n) is 1.78. The van der Waals surface area contributed by atoms with Crippen LogP contribution in [0.5, 0.6) is 5.75 Å². The van der Waals surface area contributed by atoms with Gasteiger partial charge in [-0.3, -0.25) is 0 Å². The average molecular weight is 374 g/mol. The molecule has 0 bridgehead atoms. The van der Waals surface area contributed by atoms with Crippen LogP contribution in [0.1, 0.15) is 17.2 Å². The molecule has 0 radical (unpaired) electrons. The van der Waals surface area contributed by atoms with Crippen molar-refractivity contribution >= 4 is 34.2 Å². The maximum absolute atomic E-state index is 6.28. The SMILES string of the molecule is COc1ccc(C(N)c2ccccc2I)c(Cl)c1. The van der Waals surface area contributed by atoms with E-state index in [4.69, 9.17) is 22.1 Å². The minimum absolute atomic E-state index is 0.225. The van der Waals surface area contributed by atoms with E-state index in [-0.39, 0.29) is 6.04 Å². The smallest absolute Gasteiger partial charge is 0.120 e. The highest BCUT2D eigenvalue weighted by molar-refractivity contribution is 14.1. The molecule has 1 unspecified atom stereocenters. The summed E-state index contributed by atoms with van der Waals surface area (Å²) in [5, 5.41) is 0.626. The number of benzene rings is 2. The Kier molecular flexibility index (Phi) is 4.48. The molecule has 94 valence electrons. The fraction of sp³-hybridized carbons (Fsp3) is 0.143. The van der Waals surface area contributed by atoms with E-state index in [0.717, 1.165) is 20.4 Å². The van der Waals surface area contributed by atoms with E-state index in [1.807, 2.05) is 36.4 Å². The van der Waals surface area contributed by atoms with Crippen LogP contribution in [0, 0.1) is 3.57 Å². The molecule has 0 heterocycles. The molecular formula is C14H13ClINO. The van der Waals surface area contributed by atoms with Crippen molar-refractivity contribution in [3.8, 4) is 5.75 Å². The summed E-state index contributed by atoms with van der Waals surface area (Å²) in [6.45, 7) is 0. The van der Waals surface area contributed by atoms with Gasteiger partial charge in [0.1, 0.15) is 5.75 Å². The van der Waals surface area contributed by atoms with Crippen molar-refractivity contribution < 1.29 is 4.74 Å². The van der Waals surface area contributed by atoms with Gasteiger partial charge in [-0.2, -0.15) is 0 Å². The van der Waals surface area contributed by atoms with Crippen LogP contribution in [0.4, 0.5) is 0 Å². The second-order valence-electron chi connectivity index (χ2n) is 3.89.